The Morgan fingerprint density at radius 1 is 0.633 bits per heavy atom. The van der Waals surface area contributed by atoms with Gasteiger partial charge < -0.3 is 15.1 Å². The van der Waals surface area contributed by atoms with Gasteiger partial charge in [0, 0.05) is 18.5 Å². The minimum Gasteiger partial charge on any atom is -0.349 e. The topological polar surface area (TPSA) is 52.7 Å². The van der Waals surface area contributed by atoms with Gasteiger partial charge in [-0.1, -0.05) is 136 Å². The molecule has 284 valence electrons. The maximum absolute atomic E-state index is 14.4. The van der Waals surface area contributed by atoms with Gasteiger partial charge in [-0.2, -0.15) is 0 Å². The second-order valence-electron chi connectivity index (χ2n) is 17.6. The van der Waals surface area contributed by atoms with Crippen LogP contribution in [0.1, 0.15) is 213 Å². The zero-order chi connectivity index (χ0) is 34.6. The molecule has 49 heavy (non-hydrogen) atoms. The molecule has 1 unspecified atom stereocenters. The molecule has 1 atom stereocenters. The van der Waals surface area contributed by atoms with Crippen molar-refractivity contribution >= 4 is 11.8 Å². The summed E-state index contributed by atoms with van der Waals surface area (Å²) >= 11 is 0. The van der Waals surface area contributed by atoms with E-state index in [4.69, 9.17) is 0 Å². The summed E-state index contributed by atoms with van der Waals surface area (Å²) in [6.07, 6.45) is 38.7. The van der Waals surface area contributed by atoms with Crippen molar-refractivity contribution in [2.24, 2.45) is 17.8 Å². The van der Waals surface area contributed by atoms with Crippen LogP contribution in [0.2, 0.25) is 0 Å². The molecular weight excluding hydrogens is 603 g/mol. The minimum atomic E-state index is -0.295. The van der Waals surface area contributed by atoms with Crippen molar-refractivity contribution in [2.75, 3.05) is 26.2 Å². The number of hydrogen-bond donors (Lipinski definition) is 1. The molecule has 1 heterocycles. The monoisotopic (exact) mass is 684 g/mol. The molecule has 1 N–H and O–H groups in total. The van der Waals surface area contributed by atoms with Crippen LogP contribution in [0.15, 0.2) is 0 Å². The quantitative estimate of drug-likeness (QED) is 0.0798. The Morgan fingerprint density at radius 3 is 1.57 bits per heavy atom. The third-order valence-electron chi connectivity index (χ3n) is 13.1. The van der Waals surface area contributed by atoms with Gasteiger partial charge in [0.05, 0.1) is 0 Å². The number of unbranched alkanes of at least 4 members (excludes halogenated alkanes) is 18. The Kier molecular flexibility index (Phi) is 19.5. The summed E-state index contributed by atoms with van der Waals surface area (Å²) in [6.45, 7) is 8.75. The van der Waals surface area contributed by atoms with Crippen LogP contribution in [0, 0.1) is 17.8 Å². The highest BCUT2D eigenvalue weighted by atomic mass is 16.2. The number of rotatable bonds is 29. The molecule has 4 aliphatic carbocycles. The number of carbonyl (C=O) groups is 2. The first-order valence-corrected chi connectivity index (χ1v) is 22.4. The molecule has 2 amide bonds. The second kappa shape index (κ2) is 23.5. The second-order valence-corrected chi connectivity index (χ2v) is 17.6. The summed E-state index contributed by atoms with van der Waals surface area (Å²) in [5, 5.41) is 3.73. The molecular formula is C44H81N3O2. The molecule has 0 spiro atoms. The zero-order valence-electron chi connectivity index (χ0n) is 32.8. The molecule has 0 aromatic carbocycles. The van der Waals surface area contributed by atoms with Crippen molar-refractivity contribution in [1.29, 1.82) is 0 Å². The van der Waals surface area contributed by atoms with Gasteiger partial charge in [0.15, 0.2) is 0 Å². The number of amides is 2. The molecule has 5 aliphatic rings. The first-order chi connectivity index (χ1) is 24.0. The van der Waals surface area contributed by atoms with Crippen molar-refractivity contribution in [2.45, 2.75) is 224 Å². The summed E-state index contributed by atoms with van der Waals surface area (Å²) in [7, 11) is 0. The van der Waals surface area contributed by atoms with Gasteiger partial charge in [0.2, 0.25) is 11.8 Å². The Bertz CT molecular complexity index is 863. The summed E-state index contributed by atoms with van der Waals surface area (Å²) in [6, 6.07) is -0.295. The third kappa shape index (κ3) is 14.8. The minimum absolute atomic E-state index is 0.00408. The standard InChI is InChI=1S/C44H81N3O2/c1-3-5-7-9-11-12-13-14-15-16-17-18-20-22-27-42(48)47(31-25-30-46-28-23-24-29-46)41(26-21-19-10-8-6-4-2)43(49)45-44-35-38-32-39(36-44)34-40(33-38)37-44/h38-41H,3-37H2,1-2H3,(H,45,49). The van der Waals surface area contributed by atoms with Crippen LogP contribution >= 0.6 is 0 Å². The fourth-order valence-corrected chi connectivity index (χ4v) is 10.7. The Balaban J connectivity index is 1.26. The van der Waals surface area contributed by atoms with Gasteiger partial charge in [0.25, 0.3) is 0 Å². The molecule has 1 aliphatic heterocycles. The van der Waals surface area contributed by atoms with Gasteiger partial charge in [-0.3, -0.25) is 9.59 Å². The van der Waals surface area contributed by atoms with Gasteiger partial charge in [-0.05, 0) is 108 Å². The maximum atomic E-state index is 14.4. The lowest BCUT2D eigenvalue weighted by Gasteiger charge is -2.57. The summed E-state index contributed by atoms with van der Waals surface area (Å²) in [4.78, 5) is 33.2. The predicted molar refractivity (Wildman–Crippen MR) is 208 cm³/mol. The van der Waals surface area contributed by atoms with Crippen LogP contribution in [0.25, 0.3) is 0 Å². The van der Waals surface area contributed by atoms with E-state index in [2.05, 4.69) is 29.0 Å². The highest BCUT2D eigenvalue weighted by Gasteiger charge is 2.52. The molecule has 5 nitrogen and oxygen atoms in total. The molecule has 5 heteroatoms. The van der Waals surface area contributed by atoms with E-state index in [-0.39, 0.29) is 23.4 Å². The number of nitrogens with one attached hydrogen (secondary N) is 1. The van der Waals surface area contributed by atoms with E-state index >= 15 is 0 Å². The van der Waals surface area contributed by atoms with E-state index in [1.54, 1.807) is 0 Å². The van der Waals surface area contributed by atoms with Crippen LogP contribution < -0.4 is 5.32 Å². The van der Waals surface area contributed by atoms with Crippen molar-refractivity contribution in [3.63, 3.8) is 0 Å². The lowest BCUT2D eigenvalue weighted by Crippen LogP contribution is -2.63. The summed E-state index contributed by atoms with van der Waals surface area (Å²) in [5.74, 6) is 2.86. The van der Waals surface area contributed by atoms with Gasteiger partial charge in [0.1, 0.15) is 6.04 Å². The molecule has 4 saturated carbocycles. The highest BCUT2D eigenvalue weighted by Crippen LogP contribution is 2.55. The van der Waals surface area contributed by atoms with E-state index in [9.17, 15) is 9.59 Å². The average Bonchev–Trinajstić information content (AvgIpc) is 3.60. The zero-order valence-corrected chi connectivity index (χ0v) is 32.8. The summed E-state index contributed by atoms with van der Waals surface area (Å²) < 4.78 is 0. The highest BCUT2D eigenvalue weighted by molar-refractivity contribution is 5.88. The first-order valence-electron chi connectivity index (χ1n) is 22.4. The van der Waals surface area contributed by atoms with Crippen molar-refractivity contribution in [1.82, 2.24) is 15.1 Å². The molecule has 5 rings (SSSR count). The first kappa shape index (κ1) is 40.7. The maximum Gasteiger partial charge on any atom is 0.243 e. The summed E-state index contributed by atoms with van der Waals surface area (Å²) in [5.41, 5.74) is 0.00408. The van der Waals surface area contributed by atoms with Crippen molar-refractivity contribution < 1.29 is 9.59 Å². The fourth-order valence-electron chi connectivity index (χ4n) is 10.7. The van der Waals surface area contributed by atoms with Gasteiger partial charge in [-0.15, -0.1) is 0 Å². The number of likely N-dealkylation sites (tertiary alicyclic amines) is 1. The molecule has 5 fully saturated rings. The Hall–Kier alpha value is -1.10. The fraction of sp³-hybridized carbons (Fsp3) is 0.955. The Labute approximate surface area is 304 Å². The van der Waals surface area contributed by atoms with Crippen molar-refractivity contribution in [3.8, 4) is 0 Å². The molecule has 0 aromatic heterocycles. The number of nitrogens with zero attached hydrogens (tertiary/aromatic N) is 2. The van der Waals surface area contributed by atoms with E-state index in [0.29, 0.717) is 6.42 Å². The number of hydrogen-bond acceptors (Lipinski definition) is 3. The third-order valence-corrected chi connectivity index (χ3v) is 13.1. The van der Waals surface area contributed by atoms with Crippen LogP contribution in [-0.2, 0) is 9.59 Å². The van der Waals surface area contributed by atoms with E-state index < -0.39 is 0 Å². The largest absolute Gasteiger partial charge is 0.349 e. The van der Waals surface area contributed by atoms with Crippen molar-refractivity contribution in [3.05, 3.63) is 0 Å². The lowest BCUT2D eigenvalue weighted by molar-refractivity contribution is -0.143. The van der Waals surface area contributed by atoms with E-state index in [1.165, 1.54) is 174 Å². The Morgan fingerprint density at radius 2 is 1.08 bits per heavy atom. The van der Waals surface area contributed by atoms with Crippen LogP contribution in [-0.4, -0.2) is 59.4 Å². The average molecular weight is 684 g/mol. The lowest BCUT2D eigenvalue weighted by atomic mass is 9.53. The molecule has 0 aromatic rings. The van der Waals surface area contributed by atoms with E-state index in [1.807, 2.05) is 0 Å². The van der Waals surface area contributed by atoms with Crippen LogP contribution in [0.3, 0.4) is 0 Å². The van der Waals surface area contributed by atoms with Crippen LogP contribution in [0.4, 0.5) is 0 Å². The van der Waals surface area contributed by atoms with Crippen LogP contribution in [0.5, 0.6) is 0 Å². The van der Waals surface area contributed by atoms with Gasteiger partial charge >= 0.3 is 0 Å². The molecule has 4 bridgehead atoms. The molecule has 1 saturated heterocycles. The normalized spacial score (nSPS) is 25.2. The van der Waals surface area contributed by atoms with Gasteiger partial charge in [-0.25, -0.2) is 0 Å². The SMILES string of the molecule is CCCCCCCCCCCCCCCCC(=O)N(CCCN1CCCC1)C(CCCCCCCC)C(=O)NC12CC3CC(CC(C3)C1)C2. The number of carbonyl (C=O) groups excluding carboxylic acids is 2. The predicted octanol–water partition coefficient (Wildman–Crippen LogP) is 11.4. The van der Waals surface area contributed by atoms with E-state index in [0.717, 1.165) is 62.9 Å². The smallest absolute Gasteiger partial charge is 0.243 e. The molecule has 0 radical (unpaired) electrons.